The molecule has 1 aromatic carbocycles. The number of nitriles is 1. The third kappa shape index (κ3) is 2.33. The average molecular weight is 290 g/mol. The van der Waals surface area contributed by atoms with Crippen molar-refractivity contribution in [1.82, 2.24) is 15.0 Å². The summed E-state index contributed by atoms with van der Waals surface area (Å²) in [6, 6.07) is 12.4. The summed E-state index contributed by atoms with van der Waals surface area (Å²) < 4.78 is 0. The summed E-state index contributed by atoms with van der Waals surface area (Å²) in [5.74, 6) is 1.22. The van der Waals surface area contributed by atoms with Crippen molar-refractivity contribution < 1.29 is 0 Å². The van der Waals surface area contributed by atoms with E-state index in [1.54, 1.807) is 6.20 Å². The molecule has 0 radical (unpaired) electrons. The van der Waals surface area contributed by atoms with E-state index in [0.29, 0.717) is 29.0 Å². The Balaban J connectivity index is 1.78. The summed E-state index contributed by atoms with van der Waals surface area (Å²) in [6.07, 6.45) is 3.95. The fourth-order valence-corrected chi connectivity index (χ4v) is 2.35. The molecular weight excluding hydrogens is 276 g/mol. The molecular formula is C16H14N6. The Bertz CT molecular complexity index is 857. The molecule has 0 bridgehead atoms. The van der Waals surface area contributed by atoms with Gasteiger partial charge in [-0.3, -0.25) is 0 Å². The van der Waals surface area contributed by atoms with Crippen LogP contribution in [0.15, 0.2) is 36.5 Å². The van der Waals surface area contributed by atoms with Crippen LogP contribution in [0.5, 0.6) is 0 Å². The summed E-state index contributed by atoms with van der Waals surface area (Å²) in [7, 11) is 0. The molecule has 3 N–H and O–H groups in total. The van der Waals surface area contributed by atoms with Crippen LogP contribution in [0.4, 0.5) is 17.5 Å². The SMILES string of the molecule is N#Cc1c[nH]c2nc(Nc3ccccc3)nc(NC3CC3)c12. The highest BCUT2D eigenvalue weighted by Gasteiger charge is 2.24. The number of H-pyrrole nitrogens is 1. The lowest BCUT2D eigenvalue weighted by Gasteiger charge is -2.09. The number of hydrogen-bond acceptors (Lipinski definition) is 5. The van der Waals surface area contributed by atoms with Crippen molar-refractivity contribution in [2.24, 2.45) is 0 Å². The van der Waals surface area contributed by atoms with Gasteiger partial charge in [0.25, 0.3) is 0 Å². The van der Waals surface area contributed by atoms with Crippen LogP contribution in [0.3, 0.4) is 0 Å². The van der Waals surface area contributed by atoms with Crippen molar-refractivity contribution in [2.75, 3.05) is 10.6 Å². The molecule has 1 fully saturated rings. The smallest absolute Gasteiger partial charge is 0.231 e. The van der Waals surface area contributed by atoms with Gasteiger partial charge in [-0.25, -0.2) is 0 Å². The zero-order valence-electron chi connectivity index (χ0n) is 11.8. The maximum absolute atomic E-state index is 9.23. The summed E-state index contributed by atoms with van der Waals surface area (Å²) >= 11 is 0. The van der Waals surface area contributed by atoms with Gasteiger partial charge in [-0.05, 0) is 25.0 Å². The van der Waals surface area contributed by atoms with Crippen LogP contribution in [-0.2, 0) is 0 Å². The lowest BCUT2D eigenvalue weighted by atomic mass is 10.2. The molecule has 1 saturated carbocycles. The molecule has 2 aromatic heterocycles. The molecule has 4 rings (SSSR count). The molecule has 3 aromatic rings. The van der Waals surface area contributed by atoms with Crippen molar-refractivity contribution in [3.05, 3.63) is 42.1 Å². The third-order valence-electron chi connectivity index (χ3n) is 3.60. The minimum absolute atomic E-state index is 0.448. The van der Waals surface area contributed by atoms with E-state index in [-0.39, 0.29) is 0 Å². The molecule has 0 saturated heterocycles. The van der Waals surface area contributed by atoms with Crippen LogP contribution >= 0.6 is 0 Å². The van der Waals surface area contributed by atoms with Gasteiger partial charge in [-0.1, -0.05) is 18.2 Å². The number of nitrogens with zero attached hydrogens (tertiary/aromatic N) is 3. The Morgan fingerprint density at radius 3 is 2.73 bits per heavy atom. The first-order valence-corrected chi connectivity index (χ1v) is 7.21. The number of aromatic nitrogens is 3. The molecule has 6 nitrogen and oxygen atoms in total. The number of nitrogens with one attached hydrogen (secondary N) is 3. The minimum atomic E-state index is 0.448. The van der Waals surface area contributed by atoms with Gasteiger partial charge in [-0.15, -0.1) is 0 Å². The largest absolute Gasteiger partial charge is 0.367 e. The molecule has 22 heavy (non-hydrogen) atoms. The average Bonchev–Trinajstić information content (AvgIpc) is 3.25. The fraction of sp³-hybridized carbons (Fsp3) is 0.188. The van der Waals surface area contributed by atoms with Crippen molar-refractivity contribution >= 4 is 28.5 Å². The number of fused-ring (bicyclic) bond motifs is 1. The van der Waals surface area contributed by atoms with E-state index in [4.69, 9.17) is 0 Å². The number of hydrogen-bond donors (Lipinski definition) is 3. The van der Waals surface area contributed by atoms with E-state index in [2.05, 4.69) is 31.7 Å². The van der Waals surface area contributed by atoms with E-state index in [1.807, 2.05) is 30.3 Å². The summed E-state index contributed by atoms with van der Waals surface area (Å²) in [4.78, 5) is 12.1. The van der Waals surface area contributed by atoms with Crippen LogP contribution in [0.25, 0.3) is 11.0 Å². The molecule has 0 amide bonds. The second-order valence-electron chi connectivity index (χ2n) is 5.34. The van der Waals surface area contributed by atoms with Gasteiger partial charge in [0.2, 0.25) is 5.95 Å². The zero-order chi connectivity index (χ0) is 14.9. The Kier molecular flexibility index (Phi) is 2.90. The Morgan fingerprint density at radius 2 is 2.00 bits per heavy atom. The van der Waals surface area contributed by atoms with Gasteiger partial charge in [0.15, 0.2) is 0 Å². The highest BCUT2D eigenvalue weighted by atomic mass is 15.2. The topological polar surface area (TPSA) is 89.4 Å². The highest BCUT2D eigenvalue weighted by Crippen LogP contribution is 2.31. The Morgan fingerprint density at radius 1 is 1.18 bits per heavy atom. The van der Waals surface area contributed by atoms with Gasteiger partial charge in [0.05, 0.1) is 10.9 Å². The standard InChI is InChI=1S/C16H14N6/c17-8-10-9-18-14-13(10)15(19-12-6-7-12)22-16(21-14)20-11-4-2-1-3-5-11/h1-5,9,12H,6-7H2,(H3,18,19,20,21,22). The van der Waals surface area contributed by atoms with Crippen LogP contribution in [0.2, 0.25) is 0 Å². The van der Waals surface area contributed by atoms with Crippen molar-refractivity contribution in [2.45, 2.75) is 18.9 Å². The van der Waals surface area contributed by atoms with E-state index in [0.717, 1.165) is 23.9 Å². The molecule has 1 aliphatic rings. The minimum Gasteiger partial charge on any atom is -0.367 e. The third-order valence-corrected chi connectivity index (χ3v) is 3.60. The predicted octanol–water partition coefficient (Wildman–Crippen LogP) is 3.15. The maximum atomic E-state index is 9.23. The molecule has 108 valence electrons. The maximum Gasteiger partial charge on any atom is 0.231 e. The van der Waals surface area contributed by atoms with Gasteiger partial charge in [-0.2, -0.15) is 15.2 Å². The first-order chi connectivity index (χ1) is 10.8. The molecule has 2 heterocycles. The number of benzene rings is 1. The van der Waals surface area contributed by atoms with E-state index in [9.17, 15) is 5.26 Å². The molecule has 1 aliphatic carbocycles. The molecule has 0 unspecified atom stereocenters. The first-order valence-electron chi connectivity index (χ1n) is 7.21. The fourth-order valence-electron chi connectivity index (χ4n) is 2.35. The number of rotatable bonds is 4. The number of aromatic amines is 1. The van der Waals surface area contributed by atoms with Gasteiger partial charge in [0, 0.05) is 17.9 Å². The van der Waals surface area contributed by atoms with Crippen molar-refractivity contribution in [3.63, 3.8) is 0 Å². The second kappa shape index (κ2) is 5.04. The summed E-state index contributed by atoms with van der Waals surface area (Å²) in [6.45, 7) is 0. The molecule has 0 spiro atoms. The van der Waals surface area contributed by atoms with Crippen LogP contribution in [-0.4, -0.2) is 21.0 Å². The van der Waals surface area contributed by atoms with Gasteiger partial charge < -0.3 is 15.6 Å². The lowest BCUT2D eigenvalue weighted by Crippen LogP contribution is -2.07. The molecule has 0 aliphatic heterocycles. The van der Waals surface area contributed by atoms with Crippen LogP contribution in [0, 0.1) is 11.3 Å². The molecule has 0 atom stereocenters. The molecule has 6 heteroatoms. The van der Waals surface area contributed by atoms with Crippen molar-refractivity contribution in [3.8, 4) is 6.07 Å². The number of para-hydroxylation sites is 1. The number of anilines is 3. The predicted molar refractivity (Wildman–Crippen MR) is 85.0 cm³/mol. The Labute approximate surface area is 127 Å². The second-order valence-corrected chi connectivity index (χ2v) is 5.34. The van der Waals surface area contributed by atoms with Crippen LogP contribution in [0.1, 0.15) is 18.4 Å². The first kappa shape index (κ1) is 12.7. The summed E-state index contributed by atoms with van der Waals surface area (Å²) in [5, 5.41) is 16.6. The zero-order valence-corrected chi connectivity index (χ0v) is 11.8. The quantitative estimate of drug-likeness (QED) is 0.686. The normalized spacial score (nSPS) is 13.8. The lowest BCUT2D eigenvalue weighted by molar-refractivity contribution is 1.10. The summed E-state index contributed by atoms with van der Waals surface area (Å²) in [5.41, 5.74) is 2.14. The highest BCUT2D eigenvalue weighted by molar-refractivity contribution is 5.93. The Hall–Kier alpha value is -3.07. The van der Waals surface area contributed by atoms with Gasteiger partial charge in [0.1, 0.15) is 17.5 Å². The van der Waals surface area contributed by atoms with E-state index in [1.165, 1.54) is 0 Å². The van der Waals surface area contributed by atoms with Crippen molar-refractivity contribution in [1.29, 1.82) is 5.26 Å². The van der Waals surface area contributed by atoms with Gasteiger partial charge >= 0.3 is 0 Å². The van der Waals surface area contributed by atoms with E-state index < -0.39 is 0 Å². The van der Waals surface area contributed by atoms with Crippen LogP contribution < -0.4 is 10.6 Å². The monoisotopic (exact) mass is 290 g/mol. The van der Waals surface area contributed by atoms with E-state index >= 15 is 0 Å².